The lowest BCUT2D eigenvalue weighted by Gasteiger charge is -2.12. The van der Waals surface area contributed by atoms with Crippen molar-refractivity contribution < 1.29 is 4.79 Å². The first-order valence-electron chi connectivity index (χ1n) is 7.89. The molecular weight excluding hydrogens is 288 g/mol. The number of amides is 1. The van der Waals surface area contributed by atoms with Crippen molar-refractivity contribution in [1.82, 2.24) is 15.3 Å². The Morgan fingerprint density at radius 2 is 1.74 bits per heavy atom. The number of benzene rings is 1. The Morgan fingerprint density at radius 1 is 1.09 bits per heavy atom. The molecule has 1 aromatic heterocycles. The van der Waals surface area contributed by atoms with Crippen molar-refractivity contribution in [3.63, 3.8) is 0 Å². The Kier molecular flexibility index (Phi) is 5.32. The Hall–Kier alpha value is -2.43. The van der Waals surface area contributed by atoms with Gasteiger partial charge in [0.2, 0.25) is 5.95 Å². The summed E-state index contributed by atoms with van der Waals surface area (Å²) in [6.45, 7) is 9.94. The van der Waals surface area contributed by atoms with Crippen LogP contribution in [0.1, 0.15) is 47.6 Å². The summed E-state index contributed by atoms with van der Waals surface area (Å²) >= 11 is 0. The molecule has 1 amide bonds. The molecule has 0 aliphatic rings. The molecule has 1 atom stereocenters. The van der Waals surface area contributed by atoms with Gasteiger partial charge in [-0.15, -0.1) is 0 Å². The number of aryl methyl sites for hydroxylation is 3. The quantitative estimate of drug-likeness (QED) is 0.884. The molecule has 1 heterocycles. The van der Waals surface area contributed by atoms with E-state index in [1.165, 1.54) is 0 Å². The lowest BCUT2D eigenvalue weighted by atomic mass is 10.1. The van der Waals surface area contributed by atoms with Gasteiger partial charge < -0.3 is 10.6 Å². The molecule has 0 aliphatic heterocycles. The molecule has 23 heavy (non-hydrogen) atoms. The molecule has 0 radical (unpaired) electrons. The number of hydrogen-bond acceptors (Lipinski definition) is 4. The number of hydrogen-bond donors (Lipinski definition) is 2. The minimum absolute atomic E-state index is 0.119. The highest BCUT2D eigenvalue weighted by atomic mass is 16.1. The zero-order chi connectivity index (χ0) is 17.0. The molecule has 2 rings (SSSR count). The Labute approximate surface area is 137 Å². The van der Waals surface area contributed by atoms with Gasteiger partial charge in [-0.25, -0.2) is 9.97 Å². The van der Waals surface area contributed by atoms with Crippen molar-refractivity contribution in [3.05, 3.63) is 46.8 Å². The maximum atomic E-state index is 12.2. The molecule has 2 N–H and O–H groups in total. The van der Waals surface area contributed by atoms with E-state index in [-0.39, 0.29) is 11.9 Å². The molecule has 1 aromatic carbocycles. The minimum Gasteiger partial charge on any atom is -0.348 e. The van der Waals surface area contributed by atoms with E-state index in [9.17, 15) is 4.79 Å². The van der Waals surface area contributed by atoms with E-state index in [1.807, 2.05) is 46.8 Å². The highest BCUT2D eigenvalue weighted by molar-refractivity contribution is 5.92. The molecule has 5 nitrogen and oxygen atoms in total. The van der Waals surface area contributed by atoms with Crippen LogP contribution in [0, 0.1) is 20.8 Å². The van der Waals surface area contributed by atoms with Crippen molar-refractivity contribution in [2.24, 2.45) is 0 Å². The van der Waals surface area contributed by atoms with Crippen LogP contribution in [0.3, 0.4) is 0 Å². The zero-order valence-electron chi connectivity index (χ0n) is 14.4. The maximum Gasteiger partial charge on any atom is 0.270 e. The SMILES string of the molecule is CCC(C)NC(=O)c1cc(C)nc(Nc2cc(C)cc(C)c2)n1. The summed E-state index contributed by atoms with van der Waals surface area (Å²) in [5.41, 5.74) is 4.37. The summed E-state index contributed by atoms with van der Waals surface area (Å²) in [5.74, 6) is 0.262. The van der Waals surface area contributed by atoms with E-state index in [1.54, 1.807) is 6.07 Å². The lowest BCUT2D eigenvalue weighted by Crippen LogP contribution is -2.32. The second-order valence-corrected chi connectivity index (χ2v) is 6.00. The van der Waals surface area contributed by atoms with Crippen LogP contribution in [0.25, 0.3) is 0 Å². The van der Waals surface area contributed by atoms with E-state index in [2.05, 4.69) is 26.7 Å². The molecule has 122 valence electrons. The van der Waals surface area contributed by atoms with Crippen LogP contribution in [-0.2, 0) is 0 Å². The van der Waals surface area contributed by atoms with Crippen molar-refractivity contribution in [2.75, 3.05) is 5.32 Å². The summed E-state index contributed by atoms with van der Waals surface area (Å²) in [6, 6.07) is 7.97. The highest BCUT2D eigenvalue weighted by Gasteiger charge is 2.12. The topological polar surface area (TPSA) is 66.9 Å². The summed E-state index contributed by atoms with van der Waals surface area (Å²) in [4.78, 5) is 21.0. The van der Waals surface area contributed by atoms with Gasteiger partial charge in [-0.2, -0.15) is 0 Å². The van der Waals surface area contributed by atoms with Crippen LogP contribution in [0.2, 0.25) is 0 Å². The third-order valence-electron chi connectivity index (χ3n) is 3.55. The maximum absolute atomic E-state index is 12.2. The van der Waals surface area contributed by atoms with Gasteiger partial charge in [0.05, 0.1) is 0 Å². The molecule has 0 aliphatic carbocycles. The number of anilines is 2. The molecule has 0 fully saturated rings. The number of aromatic nitrogens is 2. The first-order valence-corrected chi connectivity index (χ1v) is 7.89. The van der Waals surface area contributed by atoms with Crippen molar-refractivity contribution in [1.29, 1.82) is 0 Å². The fourth-order valence-corrected chi connectivity index (χ4v) is 2.32. The van der Waals surface area contributed by atoms with Crippen LogP contribution in [0.5, 0.6) is 0 Å². The van der Waals surface area contributed by atoms with Crippen LogP contribution in [0.15, 0.2) is 24.3 Å². The van der Waals surface area contributed by atoms with Crippen molar-refractivity contribution in [3.8, 4) is 0 Å². The molecule has 0 saturated carbocycles. The molecule has 0 bridgehead atoms. The number of nitrogens with one attached hydrogen (secondary N) is 2. The van der Waals surface area contributed by atoms with Crippen LogP contribution in [-0.4, -0.2) is 21.9 Å². The summed E-state index contributed by atoms with van der Waals surface area (Å²) in [6.07, 6.45) is 0.878. The third-order valence-corrected chi connectivity index (χ3v) is 3.55. The van der Waals surface area contributed by atoms with Crippen LogP contribution < -0.4 is 10.6 Å². The minimum atomic E-state index is -0.173. The summed E-state index contributed by atoms with van der Waals surface area (Å²) in [5, 5.41) is 6.11. The number of carbonyl (C=O) groups excluding carboxylic acids is 1. The predicted octanol–water partition coefficient (Wildman–Crippen LogP) is 3.67. The van der Waals surface area contributed by atoms with E-state index in [0.29, 0.717) is 11.6 Å². The summed E-state index contributed by atoms with van der Waals surface area (Å²) in [7, 11) is 0. The fourth-order valence-electron chi connectivity index (χ4n) is 2.32. The molecule has 1 unspecified atom stereocenters. The monoisotopic (exact) mass is 312 g/mol. The predicted molar refractivity (Wildman–Crippen MR) is 93.2 cm³/mol. The van der Waals surface area contributed by atoms with Gasteiger partial charge in [-0.05, 0) is 63.4 Å². The normalized spacial score (nSPS) is 11.9. The second-order valence-electron chi connectivity index (χ2n) is 6.00. The first-order chi connectivity index (χ1) is 10.9. The molecule has 2 aromatic rings. The summed E-state index contributed by atoms with van der Waals surface area (Å²) < 4.78 is 0. The van der Waals surface area contributed by atoms with Crippen molar-refractivity contribution >= 4 is 17.5 Å². The van der Waals surface area contributed by atoms with Gasteiger partial charge in [0.1, 0.15) is 5.69 Å². The van der Waals surface area contributed by atoms with E-state index in [4.69, 9.17) is 0 Å². The second kappa shape index (κ2) is 7.22. The molecule has 0 spiro atoms. The smallest absolute Gasteiger partial charge is 0.270 e. The van der Waals surface area contributed by atoms with Gasteiger partial charge in [0.15, 0.2) is 0 Å². The fraction of sp³-hybridized carbons (Fsp3) is 0.389. The van der Waals surface area contributed by atoms with E-state index in [0.717, 1.165) is 28.9 Å². The first kappa shape index (κ1) is 16.9. The zero-order valence-corrected chi connectivity index (χ0v) is 14.4. The highest BCUT2D eigenvalue weighted by Crippen LogP contribution is 2.18. The van der Waals surface area contributed by atoms with Gasteiger partial charge in [-0.1, -0.05) is 13.0 Å². The third kappa shape index (κ3) is 4.77. The van der Waals surface area contributed by atoms with Gasteiger partial charge in [0.25, 0.3) is 5.91 Å². The van der Waals surface area contributed by atoms with Crippen LogP contribution in [0.4, 0.5) is 11.6 Å². The Balaban J connectivity index is 2.24. The molecule has 0 saturated heterocycles. The standard InChI is InChI=1S/C18H24N4O/c1-6-13(4)19-17(23)16-10-14(5)20-18(22-16)21-15-8-11(2)7-12(3)9-15/h7-10,13H,6H2,1-5H3,(H,19,23)(H,20,21,22). The van der Waals surface area contributed by atoms with Gasteiger partial charge in [-0.3, -0.25) is 4.79 Å². The Morgan fingerprint density at radius 3 is 2.35 bits per heavy atom. The Bertz CT molecular complexity index is 692. The van der Waals surface area contributed by atoms with Crippen LogP contribution >= 0.6 is 0 Å². The number of nitrogens with zero attached hydrogens (tertiary/aromatic N) is 2. The largest absolute Gasteiger partial charge is 0.348 e. The molecular formula is C18H24N4O. The lowest BCUT2D eigenvalue weighted by molar-refractivity contribution is 0.0934. The average Bonchev–Trinajstić information content (AvgIpc) is 2.45. The van der Waals surface area contributed by atoms with Crippen molar-refractivity contribution in [2.45, 2.75) is 47.1 Å². The molecule has 5 heteroatoms. The average molecular weight is 312 g/mol. The van der Waals surface area contributed by atoms with E-state index < -0.39 is 0 Å². The van der Waals surface area contributed by atoms with Gasteiger partial charge >= 0.3 is 0 Å². The van der Waals surface area contributed by atoms with E-state index >= 15 is 0 Å². The number of rotatable bonds is 5. The van der Waals surface area contributed by atoms with Gasteiger partial charge in [0, 0.05) is 17.4 Å². The number of carbonyl (C=O) groups is 1.